The summed E-state index contributed by atoms with van der Waals surface area (Å²) in [4.78, 5) is 11.0. The molecule has 2 rings (SSSR count). The van der Waals surface area contributed by atoms with Gasteiger partial charge in [0, 0.05) is 17.2 Å². The second kappa shape index (κ2) is 10.1. The van der Waals surface area contributed by atoms with Crippen LogP contribution in [0.2, 0.25) is 0 Å². The van der Waals surface area contributed by atoms with Gasteiger partial charge in [-0.25, -0.2) is 0 Å². The Morgan fingerprint density at radius 2 is 2.00 bits per heavy atom. The Labute approximate surface area is 160 Å². The average Bonchev–Trinajstić information content (AvgIpc) is 2.59. The Bertz CT molecular complexity index is 621. The molecule has 0 radical (unpaired) electrons. The molecule has 1 aliphatic carbocycles. The predicted octanol–water partition coefficient (Wildman–Crippen LogP) is 3.61. The lowest BCUT2D eigenvalue weighted by molar-refractivity contribution is -0.274. The number of alkyl halides is 3. The maximum atomic E-state index is 12.6. The molecule has 1 aliphatic rings. The van der Waals surface area contributed by atoms with Crippen LogP contribution in [0.15, 0.2) is 23.1 Å². The van der Waals surface area contributed by atoms with Gasteiger partial charge in [-0.2, -0.15) is 0 Å². The van der Waals surface area contributed by atoms with Gasteiger partial charge in [-0.05, 0) is 48.9 Å². The van der Waals surface area contributed by atoms with E-state index in [1.807, 2.05) is 5.32 Å². The van der Waals surface area contributed by atoms with Crippen molar-refractivity contribution in [2.45, 2.75) is 55.9 Å². The van der Waals surface area contributed by atoms with Crippen molar-refractivity contribution in [3.05, 3.63) is 23.8 Å². The molecule has 0 heterocycles. The monoisotopic (exact) mass is 406 g/mol. The standard InChI is InChI=1S/C18H24F3NO4S/c19-18(20,21)26-14-8-13(16(23)6-7-22-17(24)25)9-15(10-14)27-11-12-4-2-1-3-5-12/h8-10,12,16,22-23H,1-7,11H2,(H,24,25)/p-1. The van der Waals surface area contributed by atoms with Gasteiger partial charge in [0.25, 0.3) is 0 Å². The van der Waals surface area contributed by atoms with Gasteiger partial charge < -0.3 is 25.1 Å². The first-order valence-electron chi connectivity index (χ1n) is 8.89. The van der Waals surface area contributed by atoms with E-state index in [0.29, 0.717) is 10.8 Å². The number of carbonyl (C=O) groups is 1. The van der Waals surface area contributed by atoms with Crippen LogP contribution in [-0.4, -0.2) is 29.9 Å². The van der Waals surface area contributed by atoms with Gasteiger partial charge in [-0.15, -0.1) is 24.9 Å². The number of halogens is 3. The topological polar surface area (TPSA) is 81.6 Å². The van der Waals surface area contributed by atoms with E-state index in [-0.39, 0.29) is 18.5 Å². The summed E-state index contributed by atoms with van der Waals surface area (Å²) in [6, 6.07) is 4.07. The minimum Gasteiger partial charge on any atom is -0.530 e. The van der Waals surface area contributed by atoms with Gasteiger partial charge in [0.15, 0.2) is 0 Å². The van der Waals surface area contributed by atoms with Crippen LogP contribution in [-0.2, 0) is 0 Å². The summed E-state index contributed by atoms with van der Waals surface area (Å²) >= 11 is 1.45. The molecule has 1 aromatic carbocycles. The van der Waals surface area contributed by atoms with Crippen LogP contribution in [0.4, 0.5) is 18.0 Å². The molecule has 1 atom stereocenters. The van der Waals surface area contributed by atoms with Crippen molar-refractivity contribution < 1.29 is 32.9 Å². The van der Waals surface area contributed by atoms with Crippen molar-refractivity contribution in [3.8, 4) is 5.75 Å². The molecule has 2 N–H and O–H groups in total. The van der Waals surface area contributed by atoms with Crippen LogP contribution in [0.1, 0.15) is 50.2 Å². The van der Waals surface area contributed by atoms with E-state index in [9.17, 15) is 28.2 Å². The minimum absolute atomic E-state index is 0.0101. The lowest BCUT2D eigenvalue weighted by Crippen LogP contribution is -2.37. The number of benzene rings is 1. The molecule has 1 saturated carbocycles. The molecule has 152 valence electrons. The highest BCUT2D eigenvalue weighted by atomic mass is 32.2. The second-order valence-electron chi connectivity index (χ2n) is 6.62. The number of hydrogen-bond donors (Lipinski definition) is 2. The summed E-state index contributed by atoms with van der Waals surface area (Å²) in [5.41, 5.74) is 0.253. The predicted molar refractivity (Wildman–Crippen MR) is 93.4 cm³/mol. The van der Waals surface area contributed by atoms with Crippen LogP contribution < -0.4 is 15.2 Å². The van der Waals surface area contributed by atoms with E-state index in [4.69, 9.17) is 0 Å². The largest absolute Gasteiger partial charge is 0.573 e. The molecule has 0 aliphatic heterocycles. The van der Waals surface area contributed by atoms with Crippen molar-refractivity contribution in [1.29, 1.82) is 0 Å². The third kappa shape index (κ3) is 8.30. The molecule has 1 amide bonds. The van der Waals surface area contributed by atoms with Crippen LogP contribution in [0, 0.1) is 5.92 Å². The zero-order valence-electron chi connectivity index (χ0n) is 14.8. The molecule has 0 aromatic heterocycles. The molecule has 1 aromatic rings. The fraction of sp³-hybridized carbons (Fsp3) is 0.611. The fourth-order valence-corrected chi connectivity index (χ4v) is 4.29. The minimum atomic E-state index is -4.83. The van der Waals surface area contributed by atoms with E-state index < -0.39 is 24.3 Å². The Hall–Kier alpha value is -1.61. The van der Waals surface area contributed by atoms with Gasteiger partial charge >= 0.3 is 6.36 Å². The van der Waals surface area contributed by atoms with Crippen molar-refractivity contribution in [1.82, 2.24) is 5.32 Å². The lowest BCUT2D eigenvalue weighted by Gasteiger charge is -2.21. The molecule has 5 nitrogen and oxygen atoms in total. The summed E-state index contributed by atoms with van der Waals surface area (Å²) < 4.78 is 41.8. The quantitative estimate of drug-likeness (QED) is 0.645. The van der Waals surface area contributed by atoms with E-state index in [1.165, 1.54) is 37.1 Å². The van der Waals surface area contributed by atoms with Gasteiger partial charge in [0.05, 0.1) is 6.10 Å². The molecule has 0 saturated heterocycles. The first-order valence-corrected chi connectivity index (χ1v) is 9.88. The van der Waals surface area contributed by atoms with Gasteiger partial charge in [0.1, 0.15) is 11.8 Å². The molecular weight excluding hydrogens is 383 g/mol. The molecular formula is C18H23F3NO4S-. The second-order valence-corrected chi connectivity index (χ2v) is 7.71. The number of rotatable bonds is 8. The van der Waals surface area contributed by atoms with Gasteiger partial charge in [-0.1, -0.05) is 19.3 Å². The molecule has 1 fully saturated rings. The number of nitrogens with one attached hydrogen (secondary N) is 1. The summed E-state index contributed by atoms with van der Waals surface area (Å²) in [6.45, 7) is -0.0710. The molecule has 0 spiro atoms. The zero-order valence-corrected chi connectivity index (χ0v) is 15.6. The van der Waals surface area contributed by atoms with Crippen molar-refractivity contribution in [2.24, 2.45) is 5.92 Å². The number of amides is 1. The van der Waals surface area contributed by atoms with E-state index >= 15 is 0 Å². The highest BCUT2D eigenvalue weighted by Gasteiger charge is 2.31. The lowest BCUT2D eigenvalue weighted by atomic mass is 9.91. The molecule has 9 heteroatoms. The molecule has 0 bridgehead atoms. The number of ether oxygens (including phenoxy) is 1. The van der Waals surface area contributed by atoms with Crippen LogP contribution in [0.5, 0.6) is 5.75 Å². The fourth-order valence-electron chi connectivity index (χ4n) is 3.11. The average molecular weight is 406 g/mol. The third-order valence-corrected chi connectivity index (χ3v) is 5.63. The van der Waals surface area contributed by atoms with E-state index in [2.05, 4.69) is 4.74 Å². The van der Waals surface area contributed by atoms with Crippen molar-refractivity contribution in [3.63, 3.8) is 0 Å². The summed E-state index contributed by atoms with van der Waals surface area (Å²) in [5.74, 6) is 0.951. The summed E-state index contributed by atoms with van der Waals surface area (Å²) in [7, 11) is 0. The number of aliphatic hydroxyl groups is 1. The number of carbonyl (C=O) groups excluding carboxylic acids is 1. The summed E-state index contributed by atoms with van der Waals surface area (Å²) in [5, 5.41) is 22.6. The number of hydrogen-bond acceptors (Lipinski definition) is 5. The first-order chi connectivity index (χ1) is 12.7. The van der Waals surface area contributed by atoms with Crippen molar-refractivity contribution in [2.75, 3.05) is 12.3 Å². The van der Waals surface area contributed by atoms with Crippen LogP contribution in [0.25, 0.3) is 0 Å². The maximum Gasteiger partial charge on any atom is 0.573 e. The van der Waals surface area contributed by atoms with Crippen LogP contribution >= 0.6 is 11.8 Å². The SMILES string of the molecule is O=C([O-])NCCC(O)c1cc(OC(F)(F)F)cc(SCC2CCCCC2)c1. The maximum absolute atomic E-state index is 12.6. The number of aliphatic hydroxyl groups excluding tert-OH is 1. The third-order valence-electron chi connectivity index (χ3n) is 4.42. The number of thioether (sulfide) groups is 1. The summed E-state index contributed by atoms with van der Waals surface area (Å²) in [6.07, 6.45) is -1.58. The first kappa shape index (κ1) is 21.7. The molecule has 27 heavy (non-hydrogen) atoms. The van der Waals surface area contributed by atoms with Gasteiger partial charge in [0.2, 0.25) is 0 Å². The van der Waals surface area contributed by atoms with Crippen molar-refractivity contribution >= 4 is 17.9 Å². The van der Waals surface area contributed by atoms with Crippen LogP contribution in [0.3, 0.4) is 0 Å². The van der Waals surface area contributed by atoms with E-state index in [0.717, 1.165) is 24.7 Å². The Kier molecular flexibility index (Phi) is 8.09. The Balaban J connectivity index is 2.08. The normalized spacial score (nSPS) is 16.7. The number of carboxylic acid groups (broad SMARTS) is 1. The van der Waals surface area contributed by atoms with E-state index in [1.54, 1.807) is 6.07 Å². The molecule has 1 unspecified atom stereocenters. The Morgan fingerprint density at radius 1 is 1.30 bits per heavy atom. The Morgan fingerprint density at radius 3 is 2.63 bits per heavy atom. The smallest absolute Gasteiger partial charge is 0.530 e. The van der Waals surface area contributed by atoms with Gasteiger partial charge in [-0.3, -0.25) is 0 Å². The highest BCUT2D eigenvalue weighted by molar-refractivity contribution is 7.99. The zero-order chi connectivity index (χ0) is 19.9. The highest BCUT2D eigenvalue weighted by Crippen LogP contribution is 2.35.